The van der Waals surface area contributed by atoms with Crippen LogP contribution in [-0.4, -0.2) is 31.3 Å². The first-order valence-electron chi connectivity index (χ1n) is 5.21. The molecule has 0 radical (unpaired) electrons. The number of ether oxygens (including phenoxy) is 1. The summed E-state index contributed by atoms with van der Waals surface area (Å²) < 4.78 is 9.87. The molecule has 1 aromatic rings. The second-order valence-electron chi connectivity index (χ2n) is 3.45. The SMILES string of the molecule is COC(=O)c1ccc(C(C)NCCCO)o1. The lowest BCUT2D eigenvalue weighted by Crippen LogP contribution is -2.20. The van der Waals surface area contributed by atoms with E-state index in [9.17, 15) is 4.79 Å². The van der Waals surface area contributed by atoms with Crippen LogP contribution in [0.1, 0.15) is 35.7 Å². The monoisotopic (exact) mass is 227 g/mol. The predicted molar refractivity (Wildman–Crippen MR) is 58.2 cm³/mol. The standard InChI is InChI=1S/C11H17NO4/c1-8(12-6-3-7-13)9-4-5-10(16-9)11(14)15-2/h4-5,8,12-13H,3,6-7H2,1-2H3. The van der Waals surface area contributed by atoms with Crippen LogP contribution in [0.25, 0.3) is 0 Å². The van der Waals surface area contributed by atoms with Gasteiger partial charge in [-0.15, -0.1) is 0 Å². The molecule has 1 rings (SSSR count). The van der Waals surface area contributed by atoms with Gasteiger partial charge in [-0.05, 0) is 32.0 Å². The average Bonchev–Trinajstić information content (AvgIpc) is 2.77. The number of furan rings is 1. The Labute approximate surface area is 94.4 Å². The van der Waals surface area contributed by atoms with Crippen LogP contribution in [0.5, 0.6) is 0 Å². The number of nitrogens with one attached hydrogen (secondary N) is 1. The zero-order valence-electron chi connectivity index (χ0n) is 9.53. The Morgan fingerprint density at radius 1 is 1.62 bits per heavy atom. The van der Waals surface area contributed by atoms with Gasteiger partial charge in [0.2, 0.25) is 5.76 Å². The van der Waals surface area contributed by atoms with Crippen LogP contribution in [0.15, 0.2) is 16.5 Å². The highest BCUT2D eigenvalue weighted by atomic mass is 16.5. The van der Waals surface area contributed by atoms with Crippen molar-refractivity contribution >= 4 is 5.97 Å². The third-order valence-electron chi connectivity index (χ3n) is 2.23. The van der Waals surface area contributed by atoms with Crippen LogP contribution in [0, 0.1) is 0 Å². The molecule has 1 atom stereocenters. The van der Waals surface area contributed by atoms with Crippen LogP contribution in [0.4, 0.5) is 0 Å². The summed E-state index contributed by atoms with van der Waals surface area (Å²) in [5, 5.41) is 11.8. The van der Waals surface area contributed by atoms with E-state index >= 15 is 0 Å². The molecular formula is C11H17NO4. The second-order valence-corrected chi connectivity index (χ2v) is 3.45. The number of rotatable bonds is 6. The lowest BCUT2D eigenvalue weighted by Gasteiger charge is -2.10. The summed E-state index contributed by atoms with van der Waals surface area (Å²) in [6.07, 6.45) is 0.689. The first-order chi connectivity index (χ1) is 7.69. The van der Waals surface area contributed by atoms with E-state index in [0.717, 1.165) is 0 Å². The van der Waals surface area contributed by atoms with Crippen molar-refractivity contribution in [3.63, 3.8) is 0 Å². The van der Waals surface area contributed by atoms with E-state index in [2.05, 4.69) is 10.1 Å². The maximum atomic E-state index is 11.1. The molecule has 16 heavy (non-hydrogen) atoms. The highest BCUT2D eigenvalue weighted by molar-refractivity contribution is 5.86. The number of carbonyl (C=O) groups excluding carboxylic acids is 1. The molecule has 0 saturated heterocycles. The normalized spacial score (nSPS) is 12.4. The molecule has 0 amide bonds. The van der Waals surface area contributed by atoms with Crippen LogP contribution in [0.3, 0.4) is 0 Å². The van der Waals surface area contributed by atoms with Crippen molar-refractivity contribution in [1.29, 1.82) is 0 Å². The Morgan fingerprint density at radius 2 is 2.38 bits per heavy atom. The molecule has 0 aliphatic heterocycles. The quantitative estimate of drug-likeness (QED) is 0.562. The fraction of sp³-hybridized carbons (Fsp3) is 0.545. The third kappa shape index (κ3) is 3.36. The van der Waals surface area contributed by atoms with Gasteiger partial charge in [-0.2, -0.15) is 0 Å². The molecule has 1 aromatic heterocycles. The summed E-state index contributed by atoms with van der Waals surface area (Å²) in [5.41, 5.74) is 0. The first-order valence-corrected chi connectivity index (χ1v) is 5.21. The molecule has 90 valence electrons. The Bertz CT molecular complexity index is 334. The maximum Gasteiger partial charge on any atom is 0.373 e. The molecule has 1 unspecified atom stereocenters. The summed E-state index contributed by atoms with van der Waals surface area (Å²) >= 11 is 0. The molecule has 5 nitrogen and oxygen atoms in total. The van der Waals surface area contributed by atoms with Gasteiger partial charge in [0.1, 0.15) is 5.76 Å². The van der Waals surface area contributed by atoms with Crippen molar-refractivity contribution in [2.75, 3.05) is 20.3 Å². The van der Waals surface area contributed by atoms with E-state index in [1.165, 1.54) is 7.11 Å². The molecule has 2 N–H and O–H groups in total. The number of methoxy groups -OCH3 is 1. The van der Waals surface area contributed by atoms with Gasteiger partial charge in [-0.3, -0.25) is 0 Å². The Kier molecular flexibility index (Phi) is 5.01. The van der Waals surface area contributed by atoms with Crippen LogP contribution < -0.4 is 5.32 Å². The number of aliphatic hydroxyl groups excluding tert-OH is 1. The Hall–Kier alpha value is -1.33. The summed E-state index contributed by atoms with van der Waals surface area (Å²) in [6, 6.07) is 3.33. The number of carbonyl (C=O) groups is 1. The van der Waals surface area contributed by atoms with Crippen LogP contribution in [-0.2, 0) is 4.74 Å². The van der Waals surface area contributed by atoms with Gasteiger partial charge in [-0.1, -0.05) is 0 Å². The van der Waals surface area contributed by atoms with Gasteiger partial charge >= 0.3 is 5.97 Å². The van der Waals surface area contributed by atoms with E-state index in [0.29, 0.717) is 18.7 Å². The first kappa shape index (κ1) is 12.7. The fourth-order valence-electron chi connectivity index (χ4n) is 1.29. The van der Waals surface area contributed by atoms with Crippen molar-refractivity contribution in [2.45, 2.75) is 19.4 Å². The van der Waals surface area contributed by atoms with Crippen molar-refractivity contribution in [2.24, 2.45) is 0 Å². The lowest BCUT2D eigenvalue weighted by molar-refractivity contribution is 0.0562. The molecule has 0 saturated carbocycles. The summed E-state index contributed by atoms with van der Waals surface area (Å²) in [6.45, 7) is 2.79. The Balaban J connectivity index is 2.52. The Morgan fingerprint density at radius 3 is 3.00 bits per heavy atom. The van der Waals surface area contributed by atoms with Gasteiger partial charge in [0.25, 0.3) is 0 Å². The maximum absolute atomic E-state index is 11.1. The number of esters is 1. The molecule has 0 aromatic carbocycles. The highest BCUT2D eigenvalue weighted by Crippen LogP contribution is 2.16. The molecule has 0 bridgehead atoms. The van der Waals surface area contributed by atoms with Crippen LogP contribution in [0.2, 0.25) is 0 Å². The molecular weight excluding hydrogens is 210 g/mol. The topological polar surface area (TPSA) is 71.7 Å². The minimum Gasteiger partial charge on any atom is -0.463 e. The van der Waals surface area contributed by atoms with E-state index in [1.54, 1.807) is 12.1 Å². The summed E-state index contributed by atoms with van der Waals surface area (Å²) in [5.74, 6) is 0.403. The third-order valence-corrected chi connectivity index (χ3v) is 2.23. The van der Waals surface area contributed by atoms with Gasteiger partial charge in [0.05, 0.1) is 13.2 Å². The minimum atomic E-state index is -0.478. The molecule has 1 heterocycles. The number of hydrogen-bond donors (Lipinski definition) is 2. The van der Waals surface area contributed by atoms with Crippen molar-refractivity contribution < 1.29 is 19.1 Å². The smallest absolute Gasteiger partial charge is 0.373 e. The second kappa shape index (κ2) is 6.30. The number of hydrogen-bond acceptors (Lipinski definition) is 5. The van der Waals surface area contributed by atoms with Crippen molar-refractivity contribution in [3.8, 4) is 0 Å². The van der Waals surface area contributed by atoms with Gasteiger partial charge in [0.15, 0.2) is 0 Å². The minimum absolute atomic E-state index is 0.00459. The summed E-state index contributed by atoms with van der Waals surface area (Å²) in [7, 11) is 1.31. The molecule has 0 fully saturated rings. The highest BCUT2D eigenvalue weighted by Gasteiger charge is 2.14. The van der Waals surface area contributed by atoms with Gasteiger partial charge in [-0.25, -0.2) is 4.79 Å². The average molecular weight is 227 g/mol. The van der Waals surface area contributed by atoms with Crippen molar-refractivity contribution in [3.05, 3.63) is 23.7 Å². The largest absolute Gasteiger partial charge is 0.463 e. The number of aliphatic hydroxyl groups is 1. The summed E-state index contributed by atoms with van der Waals surface area (Å²) in [4.78, 5) is 11.1. The predicted octanol–water partition coefficient (Wildman–Crippen LogP) is 1.10. The zero-order valence-corrected chi connectivity index (χ0v) is 9.53. The van der Waals surface area contributed by atoms with Crippen molar-refractivity contribution in [1.82, 2.24) is 5.32 Å². The zero-order chi connectivity index (χ0) is 12.0. The van der Waals surface area contributed by atoms with E-state index in [-0.39, 0.29) is 18.4 Å². The molecule has 0 aliphatic carbocycles. The molecule has 0 spiro atoms. The van der Waals surface area contributed by atoms with Crippen LogP contribution >= 0.6 is 0 Å². The molecule has 5 heteroatoms. The fourth-order valence-corrected chi connectivity index (χ4v) is 1.29. The lowest BCUT2D eigenvalue weighted by atomic mass is 10.2. The van der Waals surface area contributed by atoms with Gasteiger partial charge in [0, 0.05) is 6.61 Å². The van der Waals surface area contributed by atoms with Gasteiger partial charge < -0.3 is 19.6 Å². The van der Waals surface area contributed by atoms with E-state index < -0.39 is 5.97 Å². The van der Waals surface area contributed by atoms with E-state index in [1.807, 2.05) is 6.92 Å². The van der Waals surface area contributed by atoms with E-state index in [4.69, 9.17) is 9.52 Å². The molecule has 0 aliphatic rings.